The molecule has 0 amide bonds. The van der Waals surface area contributed by atoms with Crippen LogP contribution in [0.1, 0.15) is 32.1 Å². The van der Waals surface area contributed by atoms with Gasteiger partial charge in [0, 0.05) is 25.5 Å². The van der Waals surface area contributed by atoms with Crippen molar-refractivity contribution in [2.75, 3.05) is 32.1 Å². The van der Waals surface area contributed by atoms with Crippen molar-refractivity contribution in [1.82, 2.24) is 4.90 Å². The molecule has 1 aliphatic heterocycles. The summed E-state index contributed by atoms with van der Waals surface area (Å²) in [6.45, 7) is 4.28. The molecular weight excluding hydrogens is 210 g/mol. The summed E-state index contributed by atoms with van der Waals surface area (Å²) >= 11 is 5.84. The second-order valence-electron chi connectivity index (χ2n) is 4.91. The third-order valence-corrected chi connectivity index (χ3v) is 3.98. The lowest BCUT2D eigenvalue weighted by Crippen LogP contribution is -2.45. The summed E-state index contributed by atoms with van der Waals surface area (Å²) in [5, 5.41) is 0. The van der Waals surface area contributed by atoms with Crippen LogP contribution in [0.2, 0.25) is 0 Å². The van der Waals surface area contributed by atoms with Crippen molar-refractivity contribution in [1.29, 1.82) is 0 Å². The summed E-state index contributed by atoms with van der Waals surface area (Å²) in [4.78, 5) is 2.55. The molecular formula is C12H22ClNO. The molecule has 0 N–H and O–H groups in total. The molecule has 0 radical (unpaired) electrons. The smallest absolute Gasteiger partial charge is 0.0837 e. The van der Waals surface area contributed by atoms with Gasteiger partial charge in [-0.1, -0.05) is 19.3 Å². The average molecular weight is 232 g/mol. The van der Waals surface area contributed by atoms with Gasteiger partial charge in [0.1, 0.15) is 0 Å². The van der Waals surface area contributed by atoms with Crippen LogP contribution < -0.4 is 0 Å². The Balaban J connectivity index is 1.72. The highest BCUT2D eigenvalue weighted by Crippen LogP contribution is 2.25. The SMILES string of the molecule is ClCC1CN(CC2CCCCC2)CCO1. The first-order chi connectivity index (χ1) is 7.38. The minimum Gasteiger partial charge on any atom is -0.374 e. The Morgan fingerprint density at radius 2 is 2.00 bits per heavy atom. The summed E-state index contributed by atoms with van der Waals surface area (Å²) in [7, 11) is 0. The molecule has 3 heteroatoms. The van der Waals surface area contributed by atoms with E-state index in [-0.39, 0.29) is 6.10 Å². The molecule has 0 aromatic rings. The molecule has 1 saturated carbocycles. The monoisotopic (exact) mass is 231 g/mol. The van der Waals surface area contributed by atoms with E-state index in [4.69, 9.17) is 16.3 Å². The van der Waals surface area contributed by atoms with Crippen LogP contribution >= 0.6 is 11.6 Å². The first-order valence-electron chi connectivity index (χ1n) is 6.28. The van der Waals surface area contributed by atoms with Gasteiger partial charge in [-0.15, -0.1) is 11.6 Å². The minimum atomic E-state index is 0.268. The van der Waals surface area contributed by atoms with E-state index >= 15 is 0 Å². The van der Waals surface area contributed by atoms with Crippen molar-refractivity contribution >= 4 is 11.6 Å². The van der Waals surface area contributed by atoms with E-state index in [0.29, 0.717) is 5.88 Å². The zero-order valence-electron chi connectivity index (χ0n) is 9.46. The second-order valence-corrected chi connectivity index (χ2v) is 5.22. The van der Waals surface area contributed by atoms with Crippen LogP contribution in [0.5, 0.6) is 0 Å². The van der Waals surface area contributed by atoms with Gasteiger partial charge in [-0.3, -0.25) is 4.90 Å². The quantitative estimate of drug-likeness (QED) is 0.693. The number of rotatable bonds is 3. The van der Waals surface area contributed by atoms with Crippen LogP contribution in [0, 0.1) is 5.92 Å². The van der Waals surface area contributed by atoms with Crippen molar-refractivity contribution in [3.8, 4) is 0 Å². The van der Waals surface area contributed by atoms with E-state index < -0.39 is 0 Å². The lowest BCUT2D eigenvalue weighted by atomic mass is 9.89. The maximum absolute atomic E-state index is 5.84. The number of hydrogen-bond acceptors (Lipinski definition) is 2. The zero-order valence-corrected chi connectivity index (χ0v) is 10.2. The summed E-state index contributed by atoms with van der Waals surface area (Å²) in [6.07, 6.45) is 7.46. The van der Waals surface area contributed by atoms with Gasteiger partial charge in [-0.05, 0) is 18.8 Å². The summed E-state index contributed by atoms with van der Waals surface area (Å²) in [5.41, 5.74) is 0. The Morgan fingerprint density at radius 1 is 1.20 bits per heavy atom. The predicted octanol–water partition coefficient (Wildman–Crippen LogP) is 2.51. The normalized spacial score (nSPS) is 30.6. The Labute approximate surface area is 97.9 Å². The van der Waals surface area contributed by atoms with E-state index in [9.17, 15) is 0 Å². The molecule has 0 bridgehead atoms. The van der Waals surface area contributed by atoms with Gasteiger partial charge in [0.15, 0.2) is 0 Å². The summed E-state index contributed by atoms with van der Waals surface area (Å²) in [5.74, 6) is 1.58. The lowest BCUT2D eigenvalue weighted by molar-refractivity contribution is -0.0229. The molecule has 2 nitrogen and oxygen atoms in total. The van der Waals surface area contributed by atoms with Gasteiger partial charge in [0.2, 0.25) is 0 Å². The molecule has 0 spiro atoms. The fourth-order valence-corrected chi connectivity index (χ4v) is 2.96. The van der Waals surface area contributed by atoms with Gasteiger partial charge in [0.25, 0.3) is 0 Å². The second kappa shape index (κ2) is 6.07. The van der Waals surface area contributed by atoms with Crippen molar-refractivity contribution in [2.45, 2.75) is 38.2 Å². The predicted molar refractivity (Wildman–Crippen MR) is 63.5 cm³/mol. The highest BCUT2D eigenvalue weighted by atomic mass is 35.5. The largest absolute Gasteiger partial charge is 0.374 e. The highest BCUT2D eigenvalue weighted by molar-refractivity contribution is 6.18. The lowest BCUT2D eigenvalue weighted by Gasteiger charge is -2.35. The van der Waals surface area contributed by atoms with E-state index in [1.165, 1.54) is 38.6 Å². The zero-order chi connectivity index (χ0) is 10.5. The molecule has 2 fully saturated rings. The number of halogens is 1. The third-order valence-electron chi connectivity index (χ3n) is 3.64. The third kappa shape index (κ3) is 3.61. The topological polar surface area (TPSA) is 12.5 Å². The van der Waals surface area contributed by atoms with Gasteiger partial charge in [-0.2, -0.15) is 0 Å². The van der Waals surface area contributed by atoms with Gasteiger partial charge >= 0.3 is 0 Å². The molecule has 15 heavy (non-hydrogen) atoms. The van der Waals surface area contributed by atoms with Gasteiger partial charge in [-0.25, -0.2) is 0 Å². The molecule has 0 aromatic heterocycles. The van der Waals surface area contributed by atoms with Crippen LogP contribution in [0.4, 0.5) is 0 Å². The van der Waals surface area contributed by atoms with Crippen molar-refractivity contribution in [2.24, 2.45) is 5.92 Å². The maximum atomic E-state index is 5.84. The fourth-order valence-electron chi connectivity index (χ4n) is 2.77. The fraction of sp³-hybridized carbons (Fsp3) is 1.00. The molecule has 1 heterocycles. The summed E-state index contributed by atoms with van der Waals surface area (Å²) < 4.78 is 5.57. The Morgan fingerprint density at radius 3 is 2.73 bits per heavy atom. The summed E-state index contributed by atoms with van der Waals surface area (Å²) in [6, 6.07) is 0. The minimum absolute atomic E-state index is 0.268. The first kappa shape index (κ1) is 11.7. The molecule has 1 unspecified atom stereocenters. The Kier molecular flexibility index (Phi) is 4.73. The van der Waals surface area contributed by atoms with Crippen molar-refractivity contribution in [3.05, 3.63) is 0 Å². The first-order valence-corrected chi connectivity index (χ1v) is 6.82. The Bertz CT molecular complexity index is 182. The van der Waals surface area contributed by atoms with Crippen LogP contribution in [0.25, 0.3) is 0 Å². The molecule has 2 rings (SSSR count). The standard InChI is InChI=1S/C12H22ClNO/c13-8-12-10-14(6-7-15-12)9-11-4-2-1-3-5-11/h11-12H,1-10H2. The molecule has 1 saturated heterocycles. The van der Waals surface area contributed by atoms with E-state index in [1.54, 1.807) is 0 Å². The highest BCUT2D eigenvalue weighted by Gasteiger charge is 2.23. The molecule has 1 aliphatic carbocycles. The molecule has 88 valence electrons. The van der Waals surface area contributed by atoms with Gasteiger partial charge in [0.05, 0.1) is 12.7 Å². The number of morpholine rings is 1. The van der Waals surface area contributed by atoms with E-state index in [1.807, 2.05) is 0 Å². The van der Waals surface area contributed by atoms with Crippen LogP contribution in [-0.4, -0.2) is 43.1 Å². The number of alkyl halides is 1. The van der Waals surface area contributed by atoms with Crippen LogP contribution in [0.3, 0.4) is 0 Å². The van der Waals surface area contributed by atoms with Crippen LogP contribution in [-0.2, 0) is 4.74 Å². The van der Waals surface area contributed by atoms with E-state index in [0.717, 1.165) is 25.6 Å². The molecule has 2 aliphatic rings. The number of hydrogen-bond donors (Lipinski definition) is 0. The van der Waals surface area contributed by atoms with Crippen LogP contribution in [0.15, 0.2) is 0 Å². The van der Waals surface area contributed by atoms with E-state index in [2.05, 4.69) is 4.90 Å². The molecule has 0 aromatic carbocycles. The Hall–Kier alpha value is 0.210. The number of ether oxygens (including phenoxy) is 1. The maximum Gasteiger partial charge on any atom is 0.0837 e. The average Bonchev–Trinajstić information content (AvgIpc) is 2.31. The van der Waals surface area contributed by atoms with Crippen molar-refractivity contribution < 1.29 is 4.74 Å². The molecule has 1 atom stereocenters. The number of nitrogens with zero attached hydrogens (tertiary/aromatic N) is 1. The van der Waals surface area contributed by atoms with Crippen molar-refractivity contribution in [3.63, 3.8) is 0 Å². The van der Waals surface area contributed by atoms with Gasteiger partial charge < -0.3 is 4.74 Å².